The van der Waals surface area contributed by atoms with Crippen molar-refractivity contribution in [3.8, 4) is 0 Å². The van der Waals surface area contributed by atoms with E-state index < -0.39 is 6.43 Å². The summed E-state index contributed by atoms with van der Waals surface area (Å²) in [4.78, 5) is 3.73. The molecule has 102 valence electrons. The van der Waals surface area contributed by atoms with Gasteiger partial charge in [-0.25, -0.2) is 13.8 Å². The number of alkyl halides is 2. The minimum Gasteiger partial charge on any atom is -0.257 e. The summed E-state index contributed by atoms with van der Waals surface area (Å²) in [6.45, 7) is 0. The predicted molar refractivity (Wildman–Crippen MR) is 74.8 cm³/mol. The molecule has 1 aromatic heterocycles. The number of halogens is 2. The third kappa shape index (κ3) is 2.80. The summed E-state index contributed by atoms with van der Waals surface area (Å²) in [6, 6.07) is 14.2. The van der Waals surface area contributed by atoms with Crippen molar-refractivity contribution in [1.29, 1.82) is 0 Å². The van der Waals surface area contributed by atoms with E-state index in [0.29, 0.717) is 10.9 Å². The van der Waals surface area contributed by atoms with Gasteiger partial charge >= 0.3 is 0 Å². The summed E-state index contributed by atoms with van der Waals surface area (Å²) < 4.78 is 24.8. The average molecular weight is 291 g/mol. The number of rotatable bonds is 4. The van der Waals surface area contributed by atoms with E-state index in [9.17, 15) is 8.78 Å². The number of aromatic nitrogens is 3. The molecule has 0 aliphatic rings. The highest BCUT2D eigenvalue weighted by Gasteiger charge is 2.13. The lowest BCUT2D eigenvalue weighted by molar-refractivity contribution is 0.140. The molecule has 0 saturated heterocycles. The summed E-state index contributed by atoms with van der Waals surface area (Å²) in [5.74, 6) is 0.261. The monoisotopic (exact) mass is 291 g/mol. The molecular weight excluding hydrogens is 280 g/mol. The van der Waals surface area contributed by atoms with Crippen LogP contribution in [0.2, 0.25) is 0 Å². The molecule has 0 spiro atoms. The van der Waals surface area contributed by atoms with Gasteiger partial charge in [0.1, 0.15) is 0 Å². The molecule has 1 heterocycles. The van der Waals surface area contributed by atoms with Gasteiger partial charge in [-0.05, 0) is 16.3 Å². The number of thioether (sulfide) groups is 1. The van der Waals surface area contributed by atoms with E-state index in [1.54, 1.807) is 0 Å². The third-order valence-electron chi connectivity index (χ3n) is 2.87. The summed E-state index contributed by atoms with van der Waals surface area (Å²) in [7, 11) is 0. The van der Waals surface area contributed by atoms with Gasteiger partial charge in [-0.2, -0.15) is 0 Å². The van der Waals surface area contributed by atoms with Crippen LogP contribution in [0.3, 0.4) is 0 Å². The minimum absolute atomic E-state index is 0.341. The second-order valence-corrected chi connectivity index (χ2v) is 5.22. The lowest BCUT2D eigenvalue weighted by Crippen LogP contribution is -1.86. The van der Waals surface area contributed by atoms with Crippen LogP contribution < -0.4 is 0 Å². The van der Waals surface area contributed by atoms with Gasteiger partial charge in [-0.1, -0.05) is 54.2 Å². The van der Waals surface area contributed by atoms with Gasteiger partial charge < -0.3 is 0 Å². The number of benzene rings is 2. The molecule has 0 aliphatic carbocycles. The zero-order valence-corrected chi connectivity index (χ0v) is 11.2. The van der Waals surface area contributed by atoms with Gasteiger partial charge in [0.05, 0.1) is 0 Å². The van der Waals surface area contributed by atoms with E-state index in [-0.39, 0.29) is 5.82 Å². The van der Waals surface area contributed by atoms with Crippen molar-refractivity contribution < 1.29 is 8.78 Å². The average Bonchev–Trinajstić information content (AvgIpc) is 2.94. The number of hydrogen-bond acceptors (Lipinski definition) is 3. The van der Waals surface area contributed by atoms with E-state index in [4.69, 9.17) is 0 Å². The van der Waals surface area contributed by atoms with Crippen LogP contribution in [0, 0.1) is 0 Å². The van der Waals surface area contributed by atoms with E-state index >= 15 is 0 Å². The fraction of sp³-hybridized carbons (Fsp3) is 0.143. The number of aromatic amines is 1. The molecule has 0 radical (unpaired) electrons. The lowest BCUT2D eigenvalue weighted by atomic mass is 10.1. The molecular formula is C14H11F2N3S. The van der Waals surface area contributed by atoms with E-state index in [0.717, 1.165) is 10.9 Å². The Morgan fingerprint density at radius 1 is 1.10 bits per heavy atom. The van der Waals surface area contributed by atoms with E-state index in [1.165, 1.54) is 17.1 Å². The summed E-state index contributed by atoms with van der Waals surface area (Å²) in [6.07, 6.45) is -2.61. The Labute approximate surface area is 118 Å². The minimum atomic E-state index is -2.61. The number of hydrogen-bond donors (Lipinski definition) is 1. The normalized spacial score (nSPS) is 11.3. The standard InChI is InChI=1S/C14H11F2N3S/c15-12(16)13-17-14(19-18-13)20-8-9-5-6-10-3-1-2-4-11(10)7-9/h1-7,12H,8H2,(H,17,18,19). The quantitative estimate of drug-likeness (QED) is 0.733. The summed E-state index contributed by atoms with van der Waals surface area (Å²) in [5.41, 5.74) is 1.11. The van der Waals surface area contributed by atoms with Crippen LogP contribution in [-0.4, -0.2) is 15.2 Å². The Bertz CT molecular complexity index is 727. The molecule has 20 heavy (non-hydrogen) atoms. The van der Waals surface area contributed by atoms with E-state index in [2.05, 4.69) is 27.3 Å². The molecule has 0 atom stereocenters. The number of H-pyrrole nitrogens is 1. The predicted octanol–water partition coefficient (Wildman–Crippen LogP) is 4.19. The van der Waals surface area contributed by atoms with Crippen LogP contribution in [0.25, 0.3) is 10.8 Å². The highest BCUT2D eigenvalue weighted by Crippen LogP contribution is 2.24. The van der Waals surface area contributed by atoms with Crippen molar-refractivity contribution >= 4 is 22.5 Å². The SMILES string of the molecule is FC(F)c1nc(SCc2ccc3ccccc3c2)n[nH]1. The lowest BCUT2D eigenvalue weighted by Gasteiger charge is -2.02. The van der Waals surface area contributed by atoms with Crippen molar-refractivity contribution in [2.75, 3.05) is 0 Å². The van der Waals surface area contributed by atoms with Gasteiger partial charge in [0, 0.05) is 5.75 Å². The maximum Gasteiger partial charge on any atom is 0.296 e. The number of fused-ring (bicyclic) bond motifs is 1. The Morgan fingerprint density at radius 2 is 1.90 bits per heavy atom. The first kappa shape index (κ1) is 13.1. The molecule has 3 aromatic rings. The van der Waals surface area contributed by atoms with Crippen molar-refractivity contribution in [2.45, 2.75) is 17.3 Å². The van der Waals surface area contributed by atoms with Crippen molar-refractivity contribution in [3.63, 3.8) is 0 Å². The molecule has 0 aliphatic heterocycles. The van der Waals surface area contributed by atoms with Crippen molar-refractivity contribution in [2.24, 2.45) is 0 Å². The first-order chi connectivity index (χ1) is 9.72. The van der Waals surface area contributed by atoms with Gasteiger partial charge in [-0.15, -0.1) is 5.10 Å². The van der Waals surface area contributed by atoms with Gasteiger partial charge in [0.15, 0.2) is 5.82 Å². The largest absolute Gasteiger partial charge is 0.296 e. The fourth-order valence-corrected chi connectivity index (χ4v) is 2.65. The maximum atomic E-state index is 12.4. The van der Waals surface area contributed by atoms with Crippen molar-refractivity contribution in [3.05, 3.63) is 53.9 Å². The smallest absolute Gasteiger partial charge is 0.257 e. The van der Waals surface area contributed by atoms with Crippen LogP contribution in [0.5, 0.6) is 0 Å². The van der Waals surface area contributed by atoms with Crippen LogP contribution >= 0.6 is 11.8 Å². The Morgan fingerprint density at radius 3 is 2.65 bits per heavy atom. The van der Waals surface area contributed by atoms with Crippen LogP contribution in [0.1, 0.15) is 17.8 Å². The summed E-state index contributed by atoms with van der Waals surface area (Å²) >= 11 is 1.33. The summed E-state index contributed by atoms with van der Waals surface area (Å²) in [5, 5.41) is 8.68. The molecule has 1 N–H and O–H groups in total. The van der Waals surface area contributed by atoms with Crippen molar-refractivity contribution in [1.82, 2.24) is 15.2 Å². The third-order valence-corrected chi connectivity index (χ3v) is 3.79. The van der Waals surface area contributed by atoms with Gasteiger partial charge in [0.25, 0.3) is 6.43 Å². The zero-order chi connectivity index (χ0) is 13.9. The molecule has 3 nitrogen and oxygen atoms in total. The first-order valence-electron chi connectivity index (χ1n) is 6.03. The van der Waals surface area contributed by atoms with Crippen LogP contribution in [0.4, 0.5) is 8.78 Å². The Hall–Kier alpha value is -1.95. The number of nitrogens with one attached hydrogen (secondary N) is 1. The highest BCUT2D eigenvalue weighted by molar-refractivity contribution is 7.98. The van der Waals surface area contributed by atoms with Gasteiger partial charge in [0.2, 0.25) is 5.16 Å². The zero-order valence-electron chi connectivity index (χ0n) is 10.4. The highest BCUT2D eigenvalue weighted by atomic mass is 32.2. The Kier molecular flexibility index (Phi) is 3.64. The molecule has 0 unspecified atom stereocenters. The maximum absolute atomic E-state index is 12.4. The molecule has 0 saturated carbocycles. The molecule has 0 bridgehead atoms. The first-order valence-corrected chi connectivity index (χ1v) is 7.02. The topological polar surface area (TPSA) is 41.6 Å². The van der Waals surface area contributed by atoms with Crippen LogP contribution in [0.15, 0.2) is 47.6 Å². The Balaban J connectivity index is 1.72. The molecule has 3 rings (SSSR count). The fourth-order valence-electron chi connectivity index (χ4n) is 1.90. The van der Waals surface area contributed by atoms with E-state index in [1.807, 2.05) is 30.3 Å². The second kappa shape index (κ2) is 5.58. The van der Waals surface area contributed by atoms with Crippen LogP contribution in [-0.2, 0) is 5.75 Å². The number of nitrogens with zero attached hydrogens (tertiary/aromatic N) is 2. The molecule has 6 heteroatoms. The molecule has 2 aromatic carbocycles. The molecule has 0 fully saturated rings. The van der Waals surface area contributed by atoms with Gasteiger partial charge in [-0.3, -0.25) is 5.10 Å². The second-order valence-electron chi connectivity index (χ2n) is 4.27. The molecule has 0 amide bonds.